The van der Waals surface area contributed by atoms with E-state index in [0.29, 0.717) is 5.69 Å². The zero-order valence-corrected chi connectivity index (χ0v) is 11.9. The fourth-order valence-electron chi connectivity index (χ4n) is 2.58. The molecule has 0 amide bonds. The molecule has 2 heterocycles. The molecule has 1 saturated heterocycles. The number of pyridine rings is 1. The van der Waals surface area contributed by atoms with Gasteiger partial charge in [-0.05, 0) is 31.5 Å². The lowest BCUT2D eigenvalue weighted by molar-refractivity contribution is 0.582. The normalized spacial score (nSPS) is 19.3. The monoisotopic (exact) mass is 291 g/mol. The number of nitrogens with zero attached hydrogens (tertiary/aromatic N) is 1. The zero-order valence-electron chi connectivity index (χ0n) is 11.0. The number of sulfonamides is 1. The van der Waals surface area contributed by atoms with Crippen LogP contribution in [0.3, 0.4) is 0 Å². The summed E-state index contributed by atoms with van der Waals surface area (Å²) in [5.41, 5.74) is 0.614. The third kappa shape index (κ3) is 2.91. The molecule has 2 N–H and O–H groups in total. The van der Waals surface area contributed by atoms with Gasteiger partial charge < -0.3 is 5.32 Å². The van der Waals surface area contributed by atoms with Gasteiger partial charge in [-0.15, -0.1) is 0 Å². The summed E-state index contributed by atoms with van der Waals surface area (Å²) in [7, 11) is -3.34. The smallest absolute Gasteiger partial charge is 0.234 e. The lowest BCUT2D eigenvalue weighted by Gasteiger charge is -2.14. The van der Waals surface area contributed by atoms with Gasteiger partial charge in [0, 0.05) is 29.2 Å². The molecule has 1 aromatic heterocycles. The van der Waals surface area contributed by atoms with Crippen LogP contribution in [0, 0.1) is 0 Å². The number of hydrogen-bond acceptors (Lipinski definition) is 4. The summed E-state index contributed by atoms with van der Waals surface area (Å²) in [6, 6.07) is 7.40. The minimum Gasteiger partial charge on any atom is -0.313 e. The van der Waals surface area contributed by atoms with E-state index in [9.17, 15) is 8.42 Å². The van der Waals surface area contributed by atoms with E-state index in [1.165, 1.54) is 0 Å². The summed E-state index contributed by atoms with van der Waals surface area (Å²) in [5, 5.41) is 5.00. The van der Waals surface area contributed by atoms with Crippen LogP contribution in [0.15, 0.2) is 36.7 Å². The van der Waals surface area contributed by atoms with Crippen LogP contribution in [0.4, 0.5) is 5.69 Å². The molecule has 5 nitrogen and oxygen atoms in total. The molecule has 1 aliphatic rings. The van der Waals surface area contributed by atoms with Crippen molar-refractivity contribution < 1.29 is 8.42 Å². The minimum atomic E-state index is -3.34. The molecule has 3 rings (SSSR count). The van der Waals surface area contributed by atoms with Crippen molar-refractivity contribution in [2.45, 2.75) is 18.9 Å². The van der Waals surface area contributed by atoms with Crippen LogP contribution < -0.4 is 10.0 Å². The van der Waals surface area contributed by atoms with Gasteiger partial charge in [-0.3, -0.25) is 9.71 Å². The fourth-order valence-corrected chi connectivity index (χ4v) is 4.00. The highest BCUT2D eigenvalue weighted by Crippen LogP contribution is 2.23. The molecular weight excluding hydrogens is 274 g/mol. The molecule has 0 bridgehead atoms. The largest absolute Gasteiger partial charge is 0.313 e. The molecule has 0 saturated carbocycles. The SMILES string of the molecule is O=S(=O)(CC1CCCN1)Nc1cccc2cnccc12. The number of nitrogens with one attached hydrogen (secondary N) is 2. The Labute approximate surface area is 118 Å². The van der Waals surface area contributed by atoms with Crippen LogP contribution >= 0.6 is 0 Å². The highest BCUT2D eigenvalue weighted by molar-refractivity contribution is 7.92. The molecule has 0 spiro atoms. The molecule has 0 aliphatic carbocycles. The molecule has 1 aromatic carbocycles. The number of hydrogen-bond donors (Lipinski definition) is 2. The van der Waals surface area contributed by atoms with Crippen molar-refractivity contribution in [3.05, 3.63) is 36.7 Å². The van der Waals surface area contributed by atoms with Gasteiger partial charge in [0.1, 0.15) is 0 Å². The van der Waals surface area contributed by atoms with Crippen molar-refractivity contribution in [3.8, 4) is 0 Å². The van der Waals surface area contributed by atoms with Crippen LogP contribution in [0.25, 0.3) is 10.8 Å². The molecule has 20 heavy (non-hydrogen) atoms. The average molecular weight is 291 g/mol. The van der Waals surface area contributed by atoms with E-state index in [2.05, 4.69) is 15.0 Å². The Balaban J connectivity index is 1.85. The van der Waals surface area contributed by atoms with E-state index in [4.69, 9.17) is 0 Å². The van der Waals surface area contributed by atoms with Gasteiger partial charge in [0.25, 0.3) is 0 Å². The molecule has 6 heteroatoms. The quantitative estimate of drug-likeness (QED) is 0.900. The van der Waals surface area contributed by atoms with E-state index >= 15 is 0 Å². The summed E-state index contributed by atoms with van der Waals surface area (Å²) in [6.07, 6.45) is 5.35. The van der Waals surface area contributed by atoms with Gasteiger partial charge >= 0.3 is 0 Å². The maximum absolute atomic E-state index is 12.2. The predicted molar refractivity (Wildman–Crippen MR) is 80.2 cm³/mol. The fraction of sp³-hybridized carbons (Fsp3) is 0.357. The Morgan fingerprint density at radius 2 is 2.25 bits per heavy atom. The first-order valence-corrected chi connectivity index (χ1v) is 8.36. The summed E-state index contributed by atoms with van der Waals surface area (Å²) in [6.45, 7) is 0.903. The molecule has 2 aromatic rings. The van der Waals surface area contributed by atoms with Crippen LogP contribution in [0.5, 0.6) is 0 Å². The second-order valence-electron chi connectivity index (χ2n) is 5.08. The van der Waals surface area contributed by atoms with E-state index < -0.39 is 10.0 Å². The predicted octanol–water partition coefficient (Wildman–Crippen LogP) is 1.73. The second-order valence-corrected chi connectivity index (χ2v) is 6.85. The lowest BCUT2D eigenvalue weighted by atomic mass is 10.1. The molecule has 1 fully saturated rings. The van der Waals surface area contributed by atoms with Crippen molar-refractivity contribution in [1.82, 2.24) is 10.3 Å². The molecule has 0 radical (unpaired) electrons. The van der Waals surface area contributed by atoms with Gasteiger partial charge in [0.05, 0.1) is 11.4 Å². The third-order valence-corrected chi connectivity index (χ3v) is 4.90. The Kier molecular flexibility index (Phi) is 3.58. The van der Waals surface area contributed by atoms with Gasteiger partial charge in [-0.1, -0.05) is 12.1 Å². The third-order valence-electron chi connectivity index (χ3n) is 3.53. The number of benzene rings is 1. The van der Waals surface area contributed by atoms with Gasteiger partial charge in [0.2, 0.25) is 10.0 Å². The van der Waals surface area contributed by atoms with Crippen LogP contribution in [-0.2, 0) is 10.0 Å². The van der Waals surface area contributed by atoms with E-state index in [0.717, 1.165) is 30.2 Å². The Morgan fingerprint density at radius 1 is 1.35 bits per heavy atom. The first-order chi connectivity index (χ1) is 9.64. The molecule has 1 aliphatic heterocycles. The molecule has 1 unspecified atom stereocenters. The van der Waals surface area contributed by atoms with Crippen LogP contribution in [0.1, 0.15) is 12.8 Å². The van der Waals surface area contributed by atoms with E-state index in [1.807, 2.05) is 18.2 Å². The molecular formula is C14H17N3O2S. The number of aromatic nitrogens is 1. The topological polar surface area (TPSA) is 71.1 Å². The van der Waals surface area contributed by atoms with Crippen molar-refractivity contribution >= 4 is 26.5 Å². The average Bonchev–Trinajstić information content (AvgIpc) is 2.91. The maximum atomic E-state index is 12.2. The van der Waals surface area contributed by atoms with Gasteiger partial charge in [0.15, 0.2) is 0 Å². The summed E-state index contributed by atoms with van der Waals surface area (Å²) < 4.78 is 27.2. The van der Waals surface area contributed by atoms with E-state index in [1.54, 1.807) is 18.5 Å². The lowest BCUT2D eigenvalue weighted by Crippen LogP contribution is -2.32. The summed E-state index contributed by atoms with van der Waals surface area (Å²) in [4.78, 5) is 4.05. The standard InChI is InChI=1S/C14H17N3O2S/c18-20(19,10-12-4-2-7-16-12)17-14-5-1-3-11-9-15-8-6-13(11)14/h1,3,5-6,8-9,12,16-17H,2,4,7,10H2. The molecule has 1 atom stereocenters. The summed E-state index contributed by atoms with van der Waals surface area (Å²) in [5.74, 6) is 0.120. The first kappa shape index (κ1) is 13.3. The van der Waals surface area contributed by atoms with Gasteiger partial charge in [-0.25, -0.2) is 8.42 Å². The summed E-state index contributed by atoms with van der Waals surface area (Å²) >= 11 is 0. The Bertz CT molecular complexity index is 704. The van der Waals surface area contributed by atoms with Crippen LogP contribution in [0.2, 0.25) is 0 Å². The molecule has 106 valence electrons. The number of rotatable bonds is 4. The van der Waals surface area contributed by atoms with Crippen molar-refractivity contribution in [1.29, 1.82) is 0 Å². The first-order valence-electron chi connectivity index (χ1n) is 6.71. The van der Waals surface area contributed by atoms with E-state index in [-0.39, 0.29) is 11.8 Å². The van der Waals surface area contributed by atoms with Crippen LogP contribution in [-0.4, -0.2) is 31.7 Å². The maximum Gasteiger partial charge on any atom is 0.234 e. The Hall–Kier alpha value is -1.66. The highest BCUT2D eigenvalue weighted by Gasteiger charge is 2.22. The van der Waals surface area contributed by atoms with Crippen molar-refractivity contribution in [2.75, 3.05) is 17.0 Å². The minimum absolute atomic E-state index is 0.0594. The van der Waals surface area contributed by atoms with Crippen molar-refractivity contribution in [3.63, 3.8) is 0 Å². The second kappa shape index (κ2) is 5.38. The van der Waals surface area contributed by atoms with Gasteiger partial charge in [-0.2, -0.15) is 0 Å². The zero-order chi connectivity index (χ0) is 14.0. The highest BCUT2D eigenvalue weighted by atomic mass is 32.2. The number of fused-ring (bicyclic) bond motifs is 1. The number of anilines is 1. The Morgan fingerprint density at radius 3 is 3.05 bits per heavy atom. The van der Waals surface area contributed by atoms with Crippen molar-refractivity contribution in [2.24, 2.45) is 0 Å².